The van der Waals surface area contributed by atoms with Crippen molar-refractivity contribution in [2.45, 2.75) is 44.2 Å². The lowest BCUT2D eigenvalue weighted by Crippen LogP contribution is -2.50. The maximum atomic E-state index is 12.1. The number of nitrogens with one attached hydrogen (secondary N) is 2. The Bertz CT molecular complexity index is 596. The lowest BCUT2D eigenvalue weighted by atomic mass is 10.1. The van der Waals surface area contributed by atoms with E-state index in [-0.39, 0.29) is 10.0 Å². The first-order chi connectivity index (χ1) is 9.01. The predicted molar refractivity (Wildman–Crippen MR) is 76.9 cm³/mol. The zero-order valence-corrected chi connectivity index (χ0v) is 13.3. The van der Waals surface area contributed by atoms with Gasteiger partial charge in [-0.2, -0.15) is 4.72 Å². The molecular weight excluding hydrogens is 302 g/mol. The summed E-state index contributed by atoms with van der Waals surface area (Å²) in [6.07, 6.45) is 1.29. The van der Waals surface area contributed by atoms with E-state index in [1.807, 2.05) is 20.8 Å². The highest BCUT2D eigenvalue weighted by Gasteiger charge is 2.24. The SMILES string of the molecule is CC(NS(=O)(=O)c1ccnc(Cl)c1)C(=O)NC(C)(C)C. The molecule has 0 aromatic carbocycles. The molecular formula is C12H18ClN3O3S. The van der Waals surface area contributed by atoms with Crippen LogP contribution in [0.25, 0.3) is 0 Å². The summed E-state index contributed by atoms with van der Waals surface area (Å²) in [4.78, 5) is 15.5. The van der Waals surface area contributed by atoms with E-state index in [9.17, 15) is 13.2 Å². The number of rotatable bonds is 4. The van der Waals surface area contributed by atoms with E-state index in [1.54, 1.807) is 0 Å². The van der Waals surface area contributed by atoms with Crippen LogP contribution < -0.4 is 10.0 Å². The fourth-order valence-corrected chi connectivity index (χ4v) is 2.84. The van der Waals surface area contributed by atoms with Crippen molar-refractivity contribution in [1.82, 2.24) is 15.0 Å². The van der Waals surface area contributed by atoms with Crippen molar-refractivity contribution in [1.29, 1.82) is 0 Å². The van der Waals surface area contributed by atoms with Crippen molar-refractivity contribution in [3.8, 4) is 0 Å². The average molecular weight is 320 g/mol. The summed E-state index contributed by atoms with van der Waals surface area (Å²) < 4.78 is 26.5. The smallest absolute Gasteiger partial charge is 0.241 e. The van der Waals surface area contributed by atoms with Crippen LogP contribution in [0.4, 0.5) is 0 Å². The van der Waals surface area contributed by atoms with Crippen LogP contribution in [0.1, 0.15) is 27.7 Å². The molecule has 0 saturated heterocycles. The third kappa shape index (κ3) is 5.07. The molecule has 0 aliphatic carbocycles. The molecule has 1 aromatic heterocycles. The van der Waals surface area contributed by atoms with Crippen LogP contribution in [0.2, 0.25) is 5.15 Å². The van der Waals surface area contributed by atoms with E-state index in [1.165, 1.54) is 25.3 Å². The molecule has 20 heavy (non-hydrogen) atoms. The van der Waals surface area contributed by atoms with Gasteiger partial charge in [0.25, 0.3) is 0 Å². The van der Waals surface area contributed by atoms with E-state index in [0.717, 1.165) is 0 Å². The third-order valence-corrected chi connectivity index (χ3v) is 3.98. The zero-order chi connectivity index (χ0) is 15.6. The van der Waals surface area contributed by atoms with Crippen LogP contribution in [-0.4, -0.2) is 30.9 Å². The number of pyridine rings is 1. The number of hydrogen-bond acceptors (Lipinski definition) is 4. The number of carbonyl (C=O) groups excluding carboxylic acids is 1. The van der Waals surface area contributed by atoms with Gasteiger partial charge >= 0.3 is 0 Å². The number of hydrogen-bond donors (Lipinski definition) is 2. The second-order valence-corrected chi connectivity index (χ2v) is 7.50. The van der Waals surface area contributed by atoms with Gasteiger partial charge in [-0.05, 0) is 39.8 Å². The maximum absolute atomic E-state index is 12.1. The second-order valence-electron chi connectivity index (χ2n) is 5.40. The summed E-state index contributed by atoms with van der Waals surface area (Å²) in [7, 11) is -3.82. The van der Waals surface area contributed by atoms with Gasteiger partial charge in [-0.3, -0.25) is 4.79 Å². The van der Waals surface area contributed by atoms with Gasteiger partial charge in [0.15, 0.2) is 0 Å². The van der Waals surface area contributed by atoms with E-state index in [4.69, 9.17) is 11.6 Å². The topological polar surface area (TPSA) is 88.2 Å². The summed E-state index contributed by atoms with van der Waals surface area (Å²) in [5.41, 5.74) is -0.434. The van der Waals surface area contributed by atoms with Crippen LogP contribution >= 0.6 is 11.6 Å². The van der Waals surface area contributed by atoms with Crippen molar-refractivity contribution >= 4 is 27.5 Å². The molecule has 0 saturated carbocycles. The molecule has 2 N–H and O–H groups in total. The molecule has 1 aromatic rings. The van der Waals surface area contributed by atoms with Crippen molar-refractivity contribution < 1.29 is 13.2 Å². The number of sulfonamides is 1. The van der Waals surface area contributed by atoms with Gasteiger partial charge in [0.1, 0.15) is 5.15 Å². The van der Waals surface area contributed by atoms with Crippen LogP contribution in [0, 0.1) is 0 Å². The van der Waals surface area contributed by atoms with Crippen LogP contribution in [0.3, 0.4) is 0 Å². The quantitative estimate of drug-likeness (QED) is 0.819. The number of nitrogens with zero attached hydrogens (tertiary/aromatic N) is 1. The normalized spacial score (nSPS) is 13.8. The van der Waals surface area contributed by atoms with Crippen molar-refractivity contribution in [3.05, 3.63) is 23.5 Å². The van der Waals surface area contributed by atoms with Crippen LogP contribution in [0.15, 0.2) is 23.2 Å². The Morgan fingerprint density at radius 3 is 2.50 bits per heavy atom. The molecule has 1 heterocycles. The van der Waals surface area contributed by atoms with Gasteiger partial charge in [0, 0.05) is 11.7 Å². The number of amides is 1. The molecule has 1 atom stereocenters. The fourth-order valence-electron chi connectivity index (χ4n) is 1.38. The van der Waals surface area contributed by atoms with Gasteiger partial charge in [-0.25, -0.2) is 13.4 Å². The number of carbonyl (C=O) groups is 1. The molecule has 112 valence electrons. The molecule has 6 nitrogen and oxygen atoms in total. The highest BCUT2D eigenvalue weighted by molar-refractivity contribution is 7.89. The summed E-state index contributed by atoms with van der Waals surface area (Å²) in [5.74, 6) is -0.402. The number of halogens is 1. The molecule has 8 heteroatoms. The molecule has 1 unspecified atom stereocenters. The third-order valence-electron chi connectivity index (χ3n) is 2.23. The van der Waals surface area contributed by atoms with Gasteiger partial charge in [-0.15, -0.1) is 0 Å². The molecule has 1 rings (SSSR count). The van der Waals surface area contributed by atoms with Crippen LogP contribution in [-0.2, 0) is 14.8 Å². The Labute approximate surface area is 124 Å². The maximum Gasteiger partial charge on any atom is 0.241 e. The number of aromatic nitrogens is 1. The molecule has 1 amide bonds. The van der Waals surface area contributed by atoms with Crippen molar-refractivity contribution in [3.63, 3.8) is 0 Å². The van der Waals surface area contributed by atoms with Gasteiger partial charge in [0.05, 0.1) is 10.9 Å². The Morgan fingerprint density at radius 1 is 1.40 bits per heavy atom. The Morgan fingerprint density at radius 2 is 2.00 bits per heavy atom. The second kappa shape index (κ2) is 6.07. The first-order valence-electron chi connectivity index (χ1n) is 5.97. The van der Waals surface area contributed by atoms with Crippen molar-refractivity contribution in [2.24, 2.45) is 0 Å². The molecule has 0 bridgehead atoms. The summed E-state index contributed by atoms with van der Waals surface area (Å²) in [5, 5.41) is 2.77. The van der Waals surface area contributed by atoms with E-state index in [0.29, 0.717) is 0 Å². The standard InChI is InChI=1S/C12H18ClN3O3S/c1-8(11(17)15-12(2,3)4)16-20(18,19)9-5-6-14-10(13)7-9/h5-8,16H,1-4H3,(H,15,17). The minimum Gasteiger partial charge on any atom is -0.350 e. The van der Waals surface area contributed by atoms with Gasteiger partial charge < -0.3 is 5.32 Å². The summed E-state index contributed by atoms with van der Waals surface area (Å²) >= 11 is 5.65. The zero-order valence-electron chi connectivity index (χ0n) is 11.8. The fraction of sp³-hybridized carbons (Fsp3) is 0.500. The van der Waals surface area contributed by atoms with E-state index >= 15 is 0 Å². The Hall–Kier alpha value is -1.18. The highest BCUT2D eigenvalue weighted by Crippen LogP contribution is 2.13. The Kier molecular flexibility index (Phi) is 5.12. The van der Waals surface area contributed by atoms with E-state index < -0.39 is 27.5 Å². The average Bonchev–Trinajstić information content (AvgIpc) is 2.26. The molecule has 0 spiro atoms. The largest absolute Gasteiger partial charge is 0.350 e. The lowest BCUT2D eigenvalue weighted by molar-refractivity contribution is -0.123. The van der Waals surface area contributed by atoms with Crippen molar-refractivity contribution in [2.75, 3.05) is 0 Å². The highest BCUT2D eigenvalue weighted by atomic mass is 35.5. The Balaban J connectivity index is 2.84. The molecule has 0 radical (unpaired) electrons. The monoisotopic (exact) mass is 319 g/mol. The first-order valence-corrected chi connectivity index (χ1v) is 7.83. The van der Waals surface area contributed by atoms with Gasteiger partial charge in [0.2, 0.25) is 15.9 Å². The summed E-state index contributed by atoms with van der Waals surface area (Å²) in [6, 6.07) is 1.63. The predicted octanol–water partition coefficient (Wildman–Crippen LogP) is 1.32. The van der Waals surface area contributed by atoms with Gasteiger partial charge in [-0.1, -0.05) is 11.6 Å². The first kappa shape index (κ1) is 16.9. The van der Waals surface area contributed by atoms with Crippen LogP contribution in [0.5, 0.6) is 0 Å². The molecule has 0 aliphatic rings. The summed E-state index contributed by atoms with van der Waals surface area (Å²) in [6.45, 7) is 6.92. The minimum atomic E-state index is -3.82. The molecule has 0 fully saturated rings. The minimum absolute atomic E-state index is 0.0343. The molecule has 0 aliphatic heterocycles. The van der Waals surface area contributed by atoms with E-state index in [2.05, 4.69) is 15.0 Å². The lowest BCUT2D eigenvalue weighted by Gasteiger charge is -2.23.